The summed E-state index contributed by atoms with van der Waals surface area (Å²) in [6.45, 7) is 0. The Bertz CT molecular complexity index is 1270. The van der Waals surface area contributed by atoms with Crippen LogP contribution in [0.2, 0.25) is 5.02 Å². The molecule has 0 aliphatic heterocycles. The van der Waals surface area contributed by atoms with Gasteiger partial charge in [-0.05, 0) is 37.5 Å². The summed E-state index contributed by atoms with van der Waals surface area (Å²) < 4.78 is 21.5. The number of para-hydroxylation sites is 1. The Labute approximate surface area is 182 Å². The number of carbonyl (C=O) groups is 1. The van der Waals surface area contributed by atoms with Crippen molar-refractivity contribution in [1.82, 2.24) is 20.0 Å². The molecule has 1 saturated carbocycles. The molecule has 2 heterocycles. The van der Waals surface area contributed by atoms with E-state index in [1.807, 2.05) is 10.9 Å². The van der Waals surface area contributed by atoms with Crippen LogP contribution in [-0.4, -0.2) is 33.0 Å². The summed E-state index contributed by atoms with van der Waals surface area (Å²) in [6, 6.07) is 8.02. The second kappa shape index (κ2) is 7.70. The molecule has 0 saturated heterocycles. The van der Waals surface area contributed by atoms with Gasteiger partial charge in [-0.2, -0.15) is 10.2 Å². The Morgan fingerprint density at radius 2 is 2.19 bits per heavy atom. The lowest BCUT2D eigenvalue weighted by Gasteiger charge is -2.25. The van der Waals surface area contributed by atoms with Crippen LogP contribution >= 0.6 is 11.6 Å². The second-order valence-electron chi connectivity index (χ2n) is 7.51. The lowest BCUT2D eigenvalue weighted by atomic mass is 9.93. The molecule has 0 radical (unpaired) electrons. The van der Waals surface area contributed by atoms with Crippen LogP contribution in [0.3, 0.4) is 0 Å². The van der Waals surface area contributed by atoms with Crippen molar-refractivity contribution in [2.45, 2.75) is 25.3 Å². The monoisotopic (exact) mass is 439 g/mol. The average molecular weight is 440 g/mol. The van der Waals surface area contributed by atoms with Crippen molar-refractivity contribution in [3.8, 4) is 17.0 Å². The lowest BCUT2D eigenvalue weighted by Crippen LogP contribution is -2.16. The van der Waals surface area contributed by atoms with Gasteiger partial charge in [-0.15, -0.1) is 0 Å². The molecule has 1 aliphatic rings. The van der Waals surface area contributed by atoms with E-state index in [9.17, 15) is 9.18 Å². The normalized spacial score (nSPS) is 13.9. The Hall–Kier alpha value is -3.39. The standard InChI is InChI=1S/C22H19ClFN5O2/c1-31-19-9-18-14(8-15(19)22(30)26-21-16(23)6-3-7-17(21)24)20(28-27-18)12-10-25-29(11-12)13-4-2-5-13/h3,6-11,13H,2,4-5H2,1H3,(H,26,30)(H,27,28). The van der Waals surface area contributed by atoms with Crippen LogP contribution in [-0.2, 0) is 0 Å². The topological polar surface area (TPSA) is 84.8 Å². The molecule has 2 N–H and O–H groups in total. The zero-order chi connectivity index (χ0) is 21.5. The van der Waals surface area contributed by atoms with Crippen molar-refractivity contribution < 1.29 is 13.9 Å². The van der Waals surface area contributed by atoms with Crippen LogP contribution in [0.1, 0.15) is 35.7 Å². The van der Waals surface area contributed by atoms with Gasteiger partial charge in [-0.1, -0.05) is 17.7 Å². The molecule has 0 bridgehead atoms. The Balaban J connectivity index is 1.54. The van der Waals surface area contributed by atoms with Gasteiger partial charge in [0.15, 0.2) is 0 Å². The van der Waals surface area contributed by atoms with E-state index >= 15 is 0 Å². The van der Waals surface area contributed by atoms with Crippen LogP contribution in [0.25, 0.3) is 22.2 Å². The molecule has 158 valence electrons. The number of carbonyl (C=O) groups excluding carboxylic acids is 1. The van der Waals surface area contributed by atoms with Crippen LogP contribution < -0.4 is 10.1 Å². The highest BCUT2D eigenvalue weighted by Crippen LogP contribution is 2.35. The van der Waals surface area contributed by atoms with Gasteiger partial charge in [0.25, 0.3) is 5.91 Å². The van der Waals surface area contributed by atoms with Gasteiger partial charge in [-0.25, -0.2) is 4.39 Å². The number of ether oxygens (including phenoxy) is 1. The quantitative estimate of drug-likeness (QED) is 0.447. The van der Waals surface area contributed by atoms with E-state index in [0.717, 1.165) is 23.8 Å². The first kappa shape index (κ1) is 19.6. The molecular weight excluding hydrogens is 421 g/mol. The Kier molecular flexibility index (Phi) is 4.86. The predicted molar refractivity (Wildman–Crippen MR) is 116 cm³/mol. The number of fused-ring (bicyclic) bond motifs is 1. The van der Waals surface area contributed by atoms with E-state index in [2.05, 4.69) is 20.6 Å². The number of anilines is 1. The minimum Gasteiger partial charge on any atom is -0.496 e. The number of halogens is 2. The summed E-state index contributed by atoms with van der Waals surface area (Å²) in [5.74, 6) is -0.825. The summed E-state index contributed by atoms with van der Waals surface area (Å²) >= 11 is 6.05. The van der Waals surface area contributed by atoms with Crippen LogP contribution in [0.15, 0.2) is 42.7 Å². The molecular formula is C22H19ClFN5O2. The number of nitrogens with one attached hydrogen (secondary N) is 2. The van der Waals surface area contributed by atoms with Crippen molar-refractivity contribution in [1.29, 1.82) is 0 Å². The summed E-state index contributed by atoms with van der Waals surface area (Å²) in [5, 5.41) is 15.3. The number of aromatic amines is 1. The molecule has 2 aromatic heterocycles. The maximum Gasteiger partial charge on any atom is 0.259 e. The number of amides is 1. The highest BCUT2D eigenvalue weighted by atomic mass is 35.5. The zero-order valence-corrected chi connectivity index (χ0v) is 17.4. The first-order valence-electron chi connectivity index (χ1n) is 9.91. The number of rotatable bonds is 5. The molecule has 31 heavy (non-hydrogen) atoms. The Morgan fingerprint density at radius 3 is 2.90 bits per heavy atom. The average Bonchev–Trinajstić information content (AvgIpc) is 3.35. The molecule has 2 aromatic carbocycles. The third kappa shape index (κ3) is 3.42. The third-order valence-electron chi connectivity index (χ3n) is 5.65. The summed E-state index contributed by atoms with van der Waals surface area (Å²) in [4.78, 5) is 13.0. The minimum atomic E-state index is -0.617. The van der Waals surface area contributed by atoms with Gasteiger partial charge < -0.3 is 10.1 Å². The number of aromatic nitrogens is 4. The van der Waals surface area contributed by atoms with E-state index in [-0.39, 0.29) is 16.3 Å². The molecule has 5 rings (SSSR count). The van der Waals surface area contributed by atoms with Crippen LogP contribution in [0.5, 0.6) is 5.75 Å². The van der Waals surface area contributed by atoms with Crippen molar-refractivity contribution in [2.24, 2.45) is 0 Å². The smallest absolute Gasteiger partial charge is 0.259 e. The van der Waals surface area contributed by atoms with Crippen LogP contribution in [0, 0.1) is 5.82 Å². The van der Waals surface area contributed by atoms with Crippen molar-refractivity contribution in [3.63, 3.8) is 0 Å². The molecule has 1 aliphatic carbocycles. The Morgan fingerprint density at radius 1 is 1.35 bits per heavy atom. The van der Waals surface area contributed by atoms with Crippen LogP contribution in [0.4, 0.5) is 10.1 Å². The first-order valence-corrected chi connectivity index (χ1v) is 10.3. The highest BCUT2D eigenvalue weighted by molar-refractivity contribution is 6.34. The van der Waals surface area contributed by atoms with Gasteiger partial charge >= 0.3 is 0 Å². The summed E-state index contributed by atoms with van der Waals surface area (Å²) in [7, 11) is 1.47. The number of hydrogen-bond acceptors (Lipinski definition) is 4. The number of H-pyrrole nitrogens is 1. The van der Waals surface area contributed by atoms with E-state index in [1.165, 1.54) is 31.7 Å². The fourth-order valence-electron chi connectivity index (χ4n) is 3.72. The number of nitrogens with zero attached hydrogens (tertiary/aromatic N) is 3. The lowest BCUT2D eigenvalue weighted by molar-refractivity contribution is 0.102. The van der Waals surface area contributed by atoms with Crippen molar-refractivity contribution in [2.75, 3.05) is 12.4 Å². The third-order valence-corrected chi connectivity index (χ3v) is 5.97. The molecule has 4 aromatic rings. The largest absolute Gasteiger partial charge is 0.496 e. The molecule has 0 unspecified atom stereocenters. The summed E-state index contributed by atoms with van der Waals surface area (Å²) in [5.41, 5.74) is 2.41. The molecule has 0 atom stereocenters. The van der Waals surface area contributed by atoms with Gasteiger partial charge in [0, 0.05) is 23.2 Å². The fraction of sp³-hybridized carbons (Fsp3) is 0.227. The van der Waals surface area contributed by atoms with Gasteiger partial charge in [0.05, 0.1) is 41.1 Å². The number of benzene rings is 2. The SMILES string of the molecule is COc1cc2[nH]nc(-c3cnn(C4CCC4)c3)c2cc1C(=O)Nc1c(F)cccc1Cl. The second-order valence-corrected chi connectivity index (χ2v) is 7.92. The predicted octanol–water partition coefficient (Wildman–Crippen LogP) is 5.20. The molecule has 1 fully saturated rings. The van der Waals surface area contributed by atoms with Gasteiger partial charge in [0.2, 0.25) is 0 Å². The first-order chi connectivity index (χ1) is 15.0. The molecule has 0 spiro atoms. The van der Waals surface area contributed by atoms with Gasteiger partial charge in [-0.3, -0.25) is 14.6 Å². The summed E-state index contributed by atoms with van der Waals surface area (Å²) in [6.07, 6.45) is 7.22. The highest BCUT2D eigenvalue weighted by Gasteiger charge is 2.23. The van der Waals surface area contributed by atoms with Crippen molar-refractivity contribution >= 4 is 34.1 Å². The van der Waals surface area contributed by atoms with Crippen molar-refractivity contribution in [3.05, 3.63) is 59.1 Å². The molecule has 1 amide bonds. The minimum absolute atomic E-state index is 0.0782. The number of hydrogen-bond donors (Lipinski definition) is 2. The number of methoxy groups -OCH3 is 1. The van der Waals surface area contributed by atoms with Gasteiger partial charge in [0.1, 0.15) is 17.3 Å². The zero-order valence-electron chi connectivity index (χ0n) is 16.7. The maximum atomic E-state index is 14.1. The van der Waals surface area contributed by atoms with E-state index < -0.39 is 11.7 Å². The maximum absolute atomic E-state index is 14.1. The van der Waals surface area contributed by atoms with E-state index in [0.29, 0.717) is 23.0 Å². The molecule has 7 nitrogen and oxygen atoms in total. The fourth-order valence-corrected chi connectivity index (χ4v) is 3.93. The van der Waals surface area contributed by atoms with E-state index in [4.69, 9.17) is 16.3 Å². The van der Waals surface area contributed by atoms with E-state index in [1.54, 1.807) is 18.3 Å². The molecule has 9 heteroatoms.